The van der Waals surface area contributed by atoms with Crippen LogP contribution in [0.15, 0.2) is 12.7 Å². The van der Waals surface area contributed by atoms with Gasteiger partial charge in [0.2, 0.25) is 0 Å². The first-order chi connectivity index (χ1) is 10.7. The van der Waals surface area contributed by atoms with Gasteiger partial charge in [-0.1, -0.05) is 19.9 Å². The molecule has 0 bridgehead atoms. The Labute approximate surface area is 134 Å². The highest BCUT2D eigenvalue weighted by Gasteiger charge is 2.26. The zero-order valence-electron chi connectivity index (χ0n) is 13.9. The Morgan fingerprint density at radius 3 is 2.14 bits per heavy atom. The molecule has 0 spiro atoms. The summed E-state index contributed by atoms with van der Waals surface area (Å²) in [6.07, 6.45) is 10.4. The van der Waals surface area contributed by atoms with Crippen LogP contribution in [0.3, 0.4) is 0 Å². The van der Waals surface area contributed by atoms with Crippen molar-refractivity contribution in [3.8, 4) is 0 Å². The van der Waals surface area contributed by atoms with Crippen LogP contribution in [0, 0.1) is 11.8 Å². The van der Waals surface area contributed by atoms with Gasteiger partial charge in [-0.3, -0.25) is 4.79 Å². The second-order valence-corrected chi connectivity index (χ2v) is 6.08. The molecule has 0 aromatic rings. The van der Waals surface area contributed by atoms with Crippen molar-refractivity contribution in [3.05, 3.63) is 12.7 Å². The number of hydrogen-bond donors (Lipinski definition) is 0. The topological polar surface area (TPSA) is 52.6 Å². The van der Waals surface area contributed by atoms with Gasteiger partial charge in [0, 0.05) is 6.08 Å². The first-order valence-electron chi connectivity index (χ1n) is 8.63. The summed E-state index contributed by atoms with van der Waals surface area (Å²) in [5, 5.41) is 0. The Hall–Kier alpha value is -1.32. The maximum absolute atomic E-state index is 11.9. The lowest BCUT2D eigenvalue weighted by atomic mass is 9.81. The summed E-state index contributed by atoms with van der Waals surface area (Å²) in [5.41, 5.74) is 0. The second kappa shape index (κ2) is 11.3. The Kier molecular flexibility index (Phi) is 9.60. The van der Waals surface area contributed by atoms with Gasteiger partial charge >= 0.3 is 11.9 Å². The standard InChI is InChI=1S/C18H30O4/c1-3-15-9-11-16(12-10-15)18(20)22-14-8-6-5-7-13-21-17(19)4-2/h4,15-16H,2-3,5-14H2,1H3. The molecule has 126 valence electrons. The van der Waals surface area contributed by atoms with Crippen LogP contribution in [-0.2, 0) is 19.1 Å². The first-order valence-corrected chi connectivity index (χ1v) is 8.63. The third-order valence-electron chi connectivity index (χ3n) is 4.45. The summed E-state index contributed by atoms with van der Waals surface area (Å²) >= 11 is 0. The minimum atomic E-state index is -0.369. The molecule has 1 fully saturated rings. The predicted molar refractivity (Wildman–Crippen MR) is 86.3 cm³/mol. The molecule has 0 aromatic carbocycles. The van der Waals surface area contributed by atoms with E-state index in [0.717, 1.165) is 44.4 Å². The molecule has 0 radical (unpaired) electrons. The lowest BCUT2D eigenvalue weighted by molar-refractivity contribution is -0.150. The molecule has 1 saturated carbocycles. The molecule has 22 heavy (non-hydrogen) atoms. The molecule has 0 saturated heterocycles. The molecule has 0 N–H and O–H groups in total. The van der Waals surface area contributed by atoms with Crippen LogP contribution in [0.2, 0.25) is 0 Å². The van der Waals surface area contributed by atoms with Crippen LogP contribution in [0.4, 0.5) is 0 Å². The number of hydrogen-bond acceptors (Lipinski definition) is 4. The number of carbonyl (C=O) groups excluding carboxylic acids is 2. The number of unbranched alkanes of at least 4 members (excludes halogenated alkanes) is 3. The van der Waals surface area contributed by atoms with Gasteiger partial charge in [-0.05, 0) is 57.3 Å². The summed E-state index contributed by atoms with van der Waals surface area (Å²) in [6.45, 7) is 6.51. The Morgan fingerprint density at radius 2 is 1.59 bits per heavy atom. The van der Waals surface area contributed by atoms with Crippen LogP contribution in [0.25, 0.3) is 0 Å². The maximum Gasteiger partial charge on any atom is 0.330 e. The fourth-order valence-electron chi connectivity index (χ4n) is 2.89. The first kappa shape index (κ1) is 18.7. The van der Waals surface area contributed by atoms with Crippen LogP contribution in [-0.4, -0.2) is 25.2 Å². The second-order valence-electron chi connectivity index (χ2n) is 6.08. The van der Waals surface area contributed by atoms with Gasteiger partial charge < -0.3 is 9.47 Å². The average Bonchev–Trinajstić information content (AvgIpc) is 2.56. The Morgan fingerprint density at radius 1 is 1.00 bits per heavy atom. The van der Waals surface area contributed by atoms with Crippen LogP contribution >= 0.6 is 0 Å². The molecular formula is C18H30O4. The van der Waals surface area contributed by atoms with Crippen LogP contribution in [0.5, 0.6) is 0 Å². The molecule has 0 unspecified atom stereocenters. The molecule has 0 aliphatic heterocycles. The lowest BCUT2D eigenvalue weighted by Gasteiger charge is -2.26. The van der Waals surface area contributed by atoms with Crippen molar-refractivity contribution >= 4 is 11.9 Å². The minimum absolute atomic E-state index is 0.00512. The SMILES string of the molecule is C=CC(=O)OCCCCCCOC(=O)C1CCC(CC)CC1. The zero-order valence-corrected chi connectivity index (χ0v) is 13.9. The molecule has 4 heteroatoms. The van der Waals surface area contributed by atoms with E-state index in [1.54, 1.807) is 0 Å². The monoisotopic (exact) mass is 310 g/mol. The number of carbonyl (C=O) groups is 2. The van der Waals surface area contributed by atoms with E-state index in [2.05, 4.69) is 13.5 Å². The number of esters is 2. The highest BCUT2D eigenvalue weighted by molar-refractivity contribution is 5.81. The van der Waals surface area contributed by atoms with Gasteiger partial charge in [0.15, 0.2) is 0 Å². The third-order valence-corrected chi connectivity index (χ3v) is 4.45. The van der Waals surface area contributed by atoms with Gasteiger partial charge in [0.25, 0.3) is 0 Å². The fraction of sp³-hybridized carbons (Fsp3) is 0.778. The van der Waals surface area contributed by atoms with E-state index in [-0.39, 0.29) is 17.9 Å². The van der Waals surface area contributed by atoms with Gasteiger partial charge in [0.1, 0.15) is 0 Å². The van der Waals surface area contributed by atoms with Crippen LogP contribution < -0.4 is 0 Å². The van der Waals surface area contributed by atoms with Crippen molar-refractivity contribution in [3.63, 3.8) is 0 Å². The molecular weight excluding hydrogens is 280 g/mol. The van der Waals surface area contributed by atoms with Gasteiger partial charge in [0.05, 0.1) is 19.1 Å². The summed E-state index contributed by atoms with van der Waals surface area (Å²) in [5.74, 6) is 0.557. The average molecular weight is 310 g/mol. The predicted octanol–water partition coefficient (Wildman–Crippen LogP) is 4.04. The number of rotatable bonds is 10. The van der Waals surface area contributed by atoms with E-state index in [1.165, 1.54) is 25.3 Å². The van der Waals surface area contributed by atoms with Crippen molar-refractivity contribution < 1.29 is 19.1 Å². The molecule has 4 nitrogen and oxygen atoms in total. The van der Waals surface area contributed by atoms with Gasteiger partial charge in [-0.15, -0.1) is 0 Å². The Balaban J connectivity index is 1.95. The van der Waals surface area contributed by atoms with E-state index >= 15 is 0 Å². The molecule has 1 aliphatic carbocycles. The van der Waals surface area contributed by atoms with Crippen molar-refractivity contribution in [2.24, 2.45) is 11.8 Å². The van der Waals surface area contributed by atoms with Crippen LogP contribution in [0.1, 0.15) is 64.7 Å². The van der Waals surface area contributed by atoms with Crippen molar-refractivity contribution in [1.82, 2.24) is 0 Å². The fourth-order valence-corrected chi connectivity index (χ4v) is 2.89. The van der Waals surface area contributed by atoms with Crippen molar-refractivity contribution in [1.29, 1.82) is 0 Å². The van der Waals surface area contributed by atoms with Gasteiger partial charge in [-0.2, -0.15) is 0 Å². The zero-order chi connectivity index (χ0) is 16.2. The summed E-state index contributed by atoms with van der Waals surface area (Å²) < 4.78 is 10.3. The van der Waals surface area contributed by atoms with Crippen molar-refractivity contribution in [2.45, 2.75) is 64.7 Å². The summed E-state index contributed by atoms with van der Waals surface area (Å²) in [6, 6.07) is 0. The molecule has 1 rings (SSSR count). The number of ether oxygens (including phenoxy) is 2. The van der Waals surface area contributed by atoms with E-state index < -0.39 is 0 Å². The van der Waals surface area contributed by atoms with E-state index in [9.17, 15) is 9.59 Å². The normalized spacial score (nSPS) is 21.1. The highest BCUT2D eigenvalue weighted by atomic mass is 16.5. The highest BCUT2D eigenvalue weighted by Crippen LogP contribution is 2.31. The van der Waals surface area contributed by atoms with E-state index in [4.69, 9.17) is 9.47 Å². The van der Waals surface area contributed by atoms with E-state index in [1.807, 2.05) is 0 Å². The van der Waals surface area contributed by atoms with Gasteiger partial charge in [-0.25, -0.2) is 4.79 Å². The minimum Gasteiger partial charge on any atom is -0.465 e. The summed E-state index contributed by atoms with van der Waals surface area (Å²) in [4.78, 5) is 22.8. The third kappa shape index (κ3) is 7.62. The largest absolute Gasteiger partial charge is 0.465 e. The quantitative estimate of drug-likeness (QED) is 0.347. The molecule has 0 amide bonds. The molecule has 0 heterocycles. The smallest absolute Gasteiger partial charge is 0.330 e. The summed E-state index contributed by atoms with van der Waals surface area (Å²) in [7, 11) is 0. The van der Waals surface area contributed by atoms with E-state index in [0.29, 0.717) is 13.2 Å². The molecule has 0 aromatic heterocycles. The lowest BCUT2D eigenvalue weighted by Crippen LogP contribution is -2.23. The van der Waals surface area contributed by atoms with Crippen molar-refractivity contribution in [2.75, 3.05) is 13.2 Å². The molecule has 1 aliphatic rings. The molecule has 0 atom stereocenters. The Bertz CT molecular complexity index is 343. The maximum atomic E-state index is 11.9.